The molecule has 1 aromatic heterocycles. The fraction of sp³-hybridized carbons (Fsp3) is 0.333. The number of ether oxygens (including phenoxy) is 2. The van der Waals surface area contributed by atoms with E-state index in [1.54, 1.807) is 0 Å². The fourth-order valence-corrected chi connectivity index (χ4v) is 2.43. The number of hydrogen-bond donors (Lipinski definition) is 1. The van der Waals surface area contributed by atoms with E-state index in [0.29, 0.717) is 11.7 Å². The van der Waals surface area contributed by atoms with E-state index in [9.17, 15) is 4.79 Å². The molecule has 1 heterocycles. The van der Waals surface area contributed by atoms with E-state index in [1.807, 2.05) is 29.6 Å². The second-order valence-electron chi connectivity index (χ2n) is 4.39. The number of anilines is 1. The average Bonchev–Trinajstić information content (AvgIpc) is 2.94. The summed E-state index contributed by atoms with van der Waals surface area (Å²) in [7, 11) is 1.48. The Labute approximate surface area is 127 Å². The molecule has 6 heteroatoms. The maximum Gasteiger partial charge on any atom is 0.252 e. The molecule has 1 aromatic carbocycles. The predicted octanol–water partition coefficient (Wildman–Crippen LogP) is 3.18. The minimum atomic E-state index is -0.207. The highest BCUT2D eigenvalue weighted by Crippen LogP contribution is 2.26. The van der Waals surface area contributed by atoms with Crippen LogP contribution in [0, 0.1) is 0 Å². The van der Waals surface area contributed by atoms with Crippen LogP contribution in [0.4, 0.5) is 5.13 Å². The highest BCUT2D eigenvalue weighted by Gasteiger charge is 2.08. The van der Waals surface area contributed by atoms with Gasteiger partial charge in [-0.05, 0) is 30.7 Å². The third kappa shape index (κ3) is 4.54. The first-order valence-corrected chi connectivity index (χ1v) is 7.58. The summed E-state index contributed by atoms with van der Waals surface area (Å²) in [5, 5.41) is 5.17. The summed E-state index contributed by atoms with van der Waals surface area (Å²) in [4.78, 5) is 15.8. The summed E-state index contributed by atoms with van der Waals surface area (Å²) in [6.45, 7) is 2.81. The number of nitrogens with zero attached hydrogens (tertiary/aromatic N) is 1. The van der Waals surface area contributed by atoms with Crippen molar-refractivity contribution in [2.45, 2.75) is 13.3 Å². The Balaban J connectivity index is 2.01. The second-order valence-corrected chi connectivity index (χ2v) is 5.25. The average molecular weight is 306 g/mol. The molecule has 112 valence electrons. The first-order valence-electron chi connectivity index (χ1n) is 6.70. The van der Waals surface area contributed by atoms with Crippen molar-refractivity contribution in [3.63, 3.8) is 0 Å². The molecule has 2 aromatic rings. The zero-order chi connectivity index (χ0) is 15.1. The van der Waals surface area contributed by atoms with Crippen molar-refractivity contribution in [3.8, 4) is 17.0 Å². The van der Waals surface area contributed by atoms with E-state index in [1.165, 1.54) is 18.4 Å². The van der Waals surface area contributed by atoms with Crippen LogP contribution >= 0.6 is 11.3 Å². The Kier molecular flexibility index (Phi) is 5.71. The van der Waals surface area contributed by atoms with Crippen molar-refractivity contribution in [1.29, 1.82) is 0 Å². The van der Waals surface area contributed by atoms with Crippen LogP contribution in [-0.4, -0.2) is 31.2 Å². The molecular formula is C15H18N2O3S. The quantitative estimate of drug-likeness (QED) is 0.853. The third-order valence-electron chi connectivity index (χ3n) is 2.65. The molecule has 0 aliphatic rings. The molecule has 0 fully saturated rings. The first-order chi connectivity index (χ1) is 10.2. The van der Waals surface area contributed by atoms with Gasteiger partial charge in [-0.25, -0.2) is 4.98 Å². The van der Waals surface area contributed by atoms with Gasteiger partial charge in [-0.15, -0.1) is 11.3 Å². The second kappa shape index (κ2) is 7.75. The summed E-state index contributed by atoms with van der Waals surface area (Å²) in [6.07, 6.45) is 0.984. The molecule has 5 nitrogen and oxygen atoms in total. The van der Waals surface area contributed by atoms with Crippen LogP contribution in [-0.2, 0) is 9.53 Å². The van der Waals surface area contributed by atoms with Crippen molar-refractivity contribution >= 4 is 22.4 Å². The lowest BCUT2D eigenvalue weighted by Crippen LogP contribution is -2.16. The summed E-state index contributed by atoms with van der Waals surface area (Å²) in [5.74, 6) is 0.645. The van der Waals surface area contributed by atoms with Gasteiger partial charge in [0.1, 0.15) is 12.4 Å². The van der Waals surface area contributed by atoms with Gasteiger partial charge in [-0.1, -0.05) is 6.92 Å². The summed E-state index contributed by atoms with van der Waals surface area (Å²) < 4.78 is 10.3. The number of rotatable bonds is 7. The molecule has 0 spiro atoms. The van der Waals surface area contributed by atoms with Gasteiger partial charge in [0.15, 0.2) is 5.13 Å². The van der Waals surface area contributed by atoms with Crippen molar-refractivity contribution in [3.05, 3.63) is 29.6 Å². The van der Waals surface area contributed by atoms with Gasteiger partial charge in [-0.3, -0.25) is 10.1 Å². The number of hydrogen-bond acceptors (Lipinski definition) is 5. The number of methoxy groups -OCH3 is 1. The van der Waals surface area contributed by atoms with Crippen LogP contribution in [0.1, 0.15) is 13.3 Å². The van der Waals surface area contributed by atoms with Gasteiger partial charge in [0, 0.05) is 18.1 Å². The molecule has 0 bridgehead atoms. The molecule has 0 unspecified atom stereocenters. The molecule has 0 aliphatic carbocycles. The van der Waals surface area contributed by atoms with E-state index < -0.39 is 0 Å². The Morgan fingerprint density at radius 3 is 2.76 bits per heavy atom. The third-order valence-corrected chi connectivity index (χ3v) is 3.41. The predicted molar refractivity (Wildman–Crippen MR) is 83.8 cm³/mol. The normalized spacial score (nSPS) is 10.4. The Morgan fingerprint density at radius 2 is 2.10 bits per heavy atom. The van der Waals surface area contributed by atoms with Crippen LogP contribution in [0.3, 0.4) is 0 Å². The zero-order valence-electron chi connectivity index (χ0n) is 12.1. The van der Waals surface area contributed by atoms with Crippen molar-refractivity contribution in [1.82, 2.24) is 4.98 Å². The molecule has 1 N–H and O–H groups in total. The minimum absolute atomic E-state index is 0.0262. The maximum atomic E-state index is 11.4. The summed E-state index contributed by atoms with van der Waals surface area (Å²) in [5.41, 5.74) is 1.82. The minimum Gasteiger partial charge on any atom is -0.494 e. The molecule has 0 aliphatic heterocycles. The van der Waals surface area contributed by atoms with Gasteiger partial charge in [0.2, 0.25) is 0 Å². The lowest BCUT2D eigenvalue weighted by molar-refractivity contribution is -0.119. The molecular weight excluding hydrogens is 288 g/mol. The smallest absolute Gasteiger partial charge is 0.252 e. The number of carbonyl (C=O) groups is 1. The van der Waals surface area contributed by atoms with Gasteiger partial charge < -0.3 is 9.47 Å². The fourth-order valence-electron chi connectivity index (χ4n) is 1.69. The summed E-state index contributed by atoms with van der Waals surface area (Å²) >= 11 is 1.39. The number of aromatic nitrogens is 1. The molecule has 2 rings (SSSR count). The topological polar surface area (TPSA) is 60.5 Å². The Morgan fingerprint density at radius 1 is 1.33 bits per heavy atom. The number of thiazole rings is 1. The summed E-state index contributed by atoms with van der Waals surface area (Å²) in [6, 6.07) is 7.77. The van der Waals surface area contributed by atoms with E-state index in [0.717, 1.165) is 23.4 Å². The zero-order valence-corrected chi connectivity index (χ0v) is 12.9. The van der Waals surface area contributed by atoms with Crippen molar-refractivity contribution in [2.75, 3.05) is 25.6 Å². The SMILES string of the molecule is CCCOc1ccc(-c2csc(NC(=O)COC)n2)cc1. The molecule has 0 radical (unpaired) electrons. The van der Waals surface area contributed by atoms with E-state index in [4.69, 9.17) is 9.47 Å². The highest BCUT2D eigenvalue weighted by molar-refractivity contribution is 7.14. The molecule has 0 saturated carbocycles. The van der Waals surface area contributed by atoms with Gasteiger partial charge in [0.25, 0.3) is 5.91 Å². The Bertz CT molecular complexity index is 581. The first kappa shape index (κ1) is 15.5. The van der Waals surface area contributed by atoms with Crippen LogP contribution in [0.15, 0.2) is 29.6 Å². The number of amides is 1. The van der Waals surface area contributed by atoms with Crippen LogP contribution in [0.2, 0.25) is 0 Å². The van der Waals surface area contributed by atoms with Crippen LogP contribution < -0.4 is 10.1 Å². The standard InChI is InChI=1S/C15H18N2O3S/c1-3-8-20-12-6-4-11(5-7-12)13-10-21-15(16-13)17-14(18)9-19-2/h4-7,10H,3,8-9H2,1-2H3,(H,16,17,18). The maximum absolute atomic E-state index is 11.4. The number of nitrogens with one attached hydrogen (secondary N) is 1. The highest BCUT2D eigenvalue weighted by atomic mass is 32.1. The number of benzene rings is 1. The van der Waals surface area contributed by atoms with Crippen LogP contribution in [0.5, 0.6) is 5.75 Å². The van der Waals surface area contributed by atoms with E-state index in [2.05, 4.69) is 17.2 Å². The van der Waals surface area contributed by atoms with Gasteiger partial charge in [-0.2, -0.15) is 0 Å². The van der Waals surface area contributed by atoms with Crippen molar-refractivity contribution in [2.24, 2.45) is 0 Å². The lowest BCUT2D eigenvalue weighted by Gasteiger charge is -2.04. The molecule has 1 amide bonds. The Hall–Kier alpha value is -1.92. The van der Waals surface area contributed by atoms with E-state index >= 15 is 0 Å². The van der Waals surface area contributed by atoms with E-state index in [-0.39, 0.29) is 12.5 Å². The van der Waals surface area contributed by atoms with Crippen molar-refractivity contribution < 1.29 is 14.3 Å². The largest absolute Gasteiger partial charge is 0.494 e. The molecule has 0 atom stereocenters. The van der Waals surface area contributed by atoms with Gasteiger partial charge in [0.05, 0.1) is 12.3 Å². The van der Waals surface area contributed by atoms with Crippen LogP contribution in [0.25, 0.3) is 11.3 Å². The lowest BCUT2D eigenvalue weighted by atomic mass is 10.2. The monoisotopic (exact) mass is 306 g/mol. The van der Waals surface area contributed by atoms with Gasteiger partial charge >= 0.3 is 0 Å². The molecule has 0 saturated heterocycles. The molecule has 21 heavy (non-hydrogen) atoms. The number of carbonyl (C=O) groups excluding carboxylic acids is 1.